The van der Waals surface area contributed by atoms with E-state index in [1.807, 2.05) is 46.0 Å². The molecule has 29 heavy (non-hydrogen) atoms. The molecule has 1 aliphatic rings. The second kappa shape index (κ2) is 7.71. The molecule has 1 fully saturated rings. The first-order chi connectivity index (χ1) is 14.3. The number of amides is 1. The van der Waals surface area contributed by atoms with Gasteiger partial charge in [0.05, 0.1) is 17.2 Å². The molecule has 4 heterocycles. The van der Waals surface area contributed by atoms with Crippen molar-refractivity contribution < 1.29 is 9.32 Å². The zero-order valence-electron chi connectivity index (χ0n) is 15.7. The highest BCUT2D eigenvalue weighted by atomic mass is 32.1. The van der Waals surface area contributed by atoms with Crippen molar-refractivity contribution in [2.45, 2.75) is 19.3 Å². The molecule has 4 aromatic rings. The van der Waals surface area contributed by atoms with Crippen LogP contribution in [-0.2, 0) is 6.42 Å². The smallest absolute Gasteiger partial charge is 0.274 e. The lowest BCUT2D eigenvalue weighted by Gasteiger charge is -2.32. The van der Waals surface area contributed by atoms with Crippen LogP contribution in [0.25, 0.3) is 22.4 Å². The van der Waals surface area contributed by atoms with E-state index < -0.39 is 0 Å². The first-order valence-electron chi connectivity index (χ1n) is 9.62. The number of hydrogen-bond acceptors (Lipinski definition) is 7. The summed E-state index contributed by atoms with van der Waals surface area (Å²) in [6, 6.07) is 9.55. The third-order valence-electron chi connectivity index (χ3n) is 5.18. The quantitative estimate of drug-likeness (QED) is 0.513. The molecule has 1 amide bonds. The summed E-state index contributed by atoms with van der Waals surface area (Å²) in [7, 11) is 0. The van der Waals surface area contributed by atoms with Crippen molar-refractivity contribution >= 4 is 28.3 Å². The Kier molecular flexibility index (Phi) is 4.77. The third-order valence-corrected chi connectivity index (χ3v) is 5.87. The molecule has 5 rings (SSSR count). The lowest BCUT2D eigenvalue weighted by atomic mass is 9.94. The summed E-state index contributed by atoms with van der Waals surface area (Å²) >= 11 is 1.60. The van der Waals surface area contributed by atoms with Gasteiger partial charge in [0, 0.05) is 30.5 Å². The minimum atomic E-state index is -0.0718. The number of benzene rings is 1. The highest BCUT2D eigenvalue weighted by Gasteiger charge is 2.27. The maximum absolute atomic E-state index is 13.0. The van der Waals surface area contributed by atoms with Gasteiger partial charge in [0.1, 0.15) is 5.69 Å². The summed E-state index contributed by atoms with van der Waals surface area (Å²) in [6.07, 6.45) is 4.22. The molecule has 0 bridgehead atoms. The van der Waals surface area contributed by atoms with Gasteiger partial charge in [0.2, 0.25) is 11.7 Å². The summed E-state index contributed by atoms with van der Waals surface area (Å²) < 4.78 is 5.44. The summed E-state index contributed by atoms with van der Waals surface area (Å²) in [5.74, 6) is 1.46. The molecule has 1 atom stereocenters. The van der Waals surface area contributed by atoms with Gasteiger partial charge < -0.3 is 9.42 Å². The highest BCUT2D eigenvalue weighted by Crippen LogP contribution is 2.24. The third kappa shape index (κ3) is 3.75. The molecule has 1 saturated heterocycles. The average Bonchev–Trinajstić information content (AvgIpc) is 3.45. The van der Waals surface area contributed by atoms with E-state index in [1.54, 1.807) is 17.5 Å². The lowest BCUT2D eigenvalue weighted by Crippen LogP contribution is -2.41. The zero-order chi connectivity index (χ0) is 19.6. The van der Waals surface area contributed by atoms with Gasteiger partial charge in [-0.15, -0.1) is 0 Å². The van der Waals surface area contributed by atoms with Crippen LogP contribution in [0.15, 0.2) is 51.8 Å². The minimum Gasteiger partial charge on any atom is -0.339 e. The summed E-state index contributed by atoms with van der Waals surface area (Å²) in [5.41, 5.74) is 2.89. The molecule has 1 unspecified atom stereocenters. The maximum atomic E-state index is 13.0. The van der Waals surface area contributed by atoms with Crippen LogP contribution in [0, 0.1) is 5.92 Å². The van der Waals surface area contributed by atoms with Gasteiger partial charge in [-0.1, -0.05) is 17.3 Å². The van der Waals surface area contributed by atoms with E-state index in [0.717, 1.165) is 36.0 Å². The van der Waals surface area contributed by atoms with Crippen molar-refractivity contribution in [3.8, 4) is 11.4 Å². The normalized spacial score (nSPS) is 17.0. The Hall–Kier alpha value is -3.13. The van der Waals surface area contributed by atoms with Crippen molar-refractivity contribution in [1.29, 1.82) is 0 Å². The molecule has 1 aliphatic heterocycles. The molecule has 0 saturated carbocycles. The number of likely N-dealkylation sites (tertiary alicyclic amines) is 1. The van der Waals surface area contributed by atoms with E-state index in [1.165, 1.54) is 0 Å². The summed E-state index contributed by atoms with van der Waals surface area (Å²) in [5, 5.41) is 8.07. The SMILES string of the molecule is O=C(c1cnc2ccccc2n1)N1CCCC(Cc2nc(-c3ccsc3)no2)C1. The Morgan fingerprint density at radius 3 is 2.97 bits per heavy atom. The number of para-hydroxylation sites is 2. The molecule has 3 aromatic heterocycles. The Morgan fingerprint density at radius 2 is 2.10 bits per heavy atom. The van der Waals surface area contributed by atoms with Gasteiger partial charge in [-0.3, -0.25) is 9.78 Å². The van der Waals surface area contributed by atoms with Crippen LogP contribution in [0.4, 0.5) is 0 Å². The number of nitrogens with zero attached hydrogens (tertiary/aromatic N) is 5. The molecule has 0 N–H and O–H groups in total. The van der Waals surface area contributed by atoms with Gasteiger partial charge in [-0.05, 0) is 42.3 Å². The number of carbonyl (C=O) groups is 1. The van der Waals surface area contributed by atoms with Crippen LogP contribution >= 0.6 is 11.3 Å². The topological polar surface area (TPSA) is 85.0 Å². The van der Waals surface area contributed by atoms with Gasteiger partial charge in [-0.2, -0.15) is 16.3 Å². The van der Waals surface area contributed by atoms with Crippen molar-refractivity contribution in [3.05, 3.63) is 58.9 Å². The van der Waals surface area contributed by atoms with Gasteiger partial charge in [-0.25, -0.2) is 4.98 Å². The highest BCUT2D eigenvalue weighted by molar-refractivity contribution is 7.08. The fraction of sp³-hybridized carbons (Fsp3) is 0.286. The summed E-state index contributed by atoms with van der Waals surface area (Å²) in [6.45, 7) is 1.39. The van der Waals surface area contributed by atoms with E-state index in [9.17, 15) is 4.79 Å². The molecule has 146 valence electrons. The van der Waals surface area contributed by atoms with Crippen molar-refractivity contribution in [1.82, 2.24) is 25.0 Å². The predicted octanol–water partition coefficient (Wildman–Crippen LogP) is 3.84. The monoisotopic (exact) mass is 405 g/mol. The van der Waals surface area contributed by atoms with Gasteiger partial charge in [0.15, 0.2) is 0 Å². The van der Waals surface area contributed by atoms with Gasteiger partial charge in [0.25, 0.3) is 5.91 Å². The molecule has 1 aromatic carbocycles. The Morgan fingerprint density at radius 1 is 1.21 bits per heavy atom. The van der Waals surface area contributed by atoms with E-state index in [2.05, 4.69) is 20.1 Å². The molecule has 0 aliphatic carbocycles. The number of hydrogen-bond donors (Lipinski definition) is 0. The predicted molar refractivity (Wildman–Crippen MR) is 109 cm³/mol. The Balaban J connectivity index is 1.28. The molecule has 0 spiro atoms. The fourth-order valence-corrected chi connectivity index (χ4v) is 4.37. The van der Waals surface area contributed by atoms with Crippen molar-refractivity contribution in [3.63, 3.8) is 0 Å². The molecule has 7 nitrogen and oxygen atoms in total. The van der Waals surface area contributed by atoms with Crippen LogP contribution < -0.4 is 0 Å². The summed E-state index contributed by atoms with van der Waals surface area (Å²) in [4.78, 5) is 28.2. The second-order valence-corrected chi connectivity index (χ2v) is 8.01. The number of fused-ring (bicyclic) bond motifs is 1. The van der Waals surface area contributed by atoms with E-state index in [-0.39, 0.29) is 11.8 Å². The molecule has 8 heteroatoms. The van der Waals surface area contributed by atoms with Crippen LogP contribution in [0.5, 0.6) is 0 Å². The van der Waals surface area contributed by atoms with E-state index in [4.69, 9.17) is 4.52 Å². The maximum Gasteiger partial charge on any atom is 0.274 e. The number of carbonyl (C=O) groups excluding carboxylic acids is 1. The van der Waals surface area contributed by atoms with Gasteiger partial charge >= 0.3 is 0 Å². The molecule has 0 radical (unpaired) electrons. The number of thiophene rings is 1. The van der Waals surface area contributed by atoms with Crippen LogP contribution in [0.3, 0.4) is 0 Å². The van der Waals surface area contributed by atoms with Crippen LogP contribution in [0.1, 0.15) is 29.2 Å². The minimum absolute atomic E-state index is 0.0718. The number of piperidine rings is 1. The zero-order valence-corrected chi connectivity index (χ0v) is 16.5. The average molecular weight is 405 g/mol. The van der Waals surface area contributed by atoms with Crippen LogP contribution in [0.2, 0.25) is 0 Å². The van der Waals surface area contributed by atoms with E-state index in [0.29, 0.717) is 30.4 Å². The van der Waals surface area contributed by atoms with Crippen LogP contribution in [-0.4, -0.2) is 44.0 Å². The lowest BCUT2D eigenvalue weighted by molar-refractivity contribution is 0.0662. The largest absolute Gasteiger partial charge is 0.339 e. The number of aromatic nitrogens is 4. The number of rotatable bonds is 4. The Bertz CT molecular complexity index is 1140. The Labute approximate surface area is 171 Å². The fourth-order valence-electron chi connectivity index (χ4n) is 3.73. The first-order valence-corrected chi connectivity index (χ1v) is 10.6. The van der Waals surface area contributed by atoms with Crippen molar-refractivity contribution in [2.75, 3.05) is 13.1 Å². The standard InChI is InChI=1S/C21H19N5O2S/c27-21(18-11-22-16-5-1-2-6-17(16)23-18)26-8-3-4-14(12-26)10-19-24-20(25-28-19)15-7-9-29-13-15/h1-2,5-7,9,11,13-14H,3-4,8,10,12H2. The van der Waals surface area contributed by atoms with E-state index >= 15 is 0 Å². The van der Waals surface area contributed by atoms with Crippen molar-refractivity contribution in [2.24, 2.45) is 5.92 Å². The second-order valence-electron chi connectivity index (χ2n) is 7.23. The first kappa shape index (κ1) is 17.9. The molecular weight excluding hydrogens is 386 g/mol. The molecular formula is C21H19N5O2S.